The third-order valence-electron chi connectivity index (χ3n) is 9.55. The first-order valence-electron chi connectivity index (χ1n) is 19.2. The lowest BCUT2D eigenvalue weighted by molar-refractivity contribution is -0.432. The summed E-state index contributed by atoms with van der Waals surface area (Å²) in [5.41, 5.74) is 11.8. The van der Waals surface area contributed by atoms with E-state index >= 15 is 0 Å². The first-order chi connectivity index (χ1) is 33.2. The van der Waals surface area contributed by atoms with Gasteiger partial charge in [-0.15, -0.1) is 18.9 Å². The summed E-state index contributed by atoms with van der Waals surface area (Å²) in [6.45, 7) is -0.0427. The van der Waals surface area contributed by atoms with Crippen molar-refractivity contribution in [3.05, 3.63) is 84.9 Å². The number of sulfone groups is 1. The number of phenolic OH excluding ortho intramolecular Hbond substituents is 2. The average molecular weight is 1090 g/mol. The summed E-state index contributed by atoms with van der Waals surface area (Å²) in [5, 5.41) is 71.3. The Morgan fingerprint density at radius 3 is 1.77 bits per heavy atom. The summed E-state index contributed by atoms with van der Waals surface area (Å²) < 4.78 is 108. The fourth-order valence-electron chi connectivity index (χ4n) is 6.36. The Hall–Kier alpha value is -5.34. The number of azo groups is 2. The van der Waals surface area contributed by atoms with Crippen molar-refractivity contribution in [3.8, 4) is 11.5 Å². The van der Waals surface area contributed by atoms with Crippen LogP contribution < -0.4 is 11.5 Å². The molecule has 0 saturated heterocycles. The molecular weight excluding hydrogens is 1050 g/mol. The number of anilines is 2. The number of nitrogens with zero attached hydrogens (tertiary/aromatic N) is 5. The van der Waals surface area contributed by atoms with Gasteiger partial charge in [0.1, 0.15) is 27.8 Å². The molecule has 11 N–H and O–H groups in total. The number of hydrogen-bond donors (Lipinski definition) is 9. The number of fused-ring (bicyclic) bond motifs is 2. The van der Waals surface area contributed by atoms with E-state index in [0.717, 1.165) is 30.2 Å². The van der Waals surface area contributed by atoms with E-state index < -0.39 is 57.1 Å². The summed E-state index contributed by atoms with van der Waals surface area (Å²) >= 11 is 1.76. The molecular formula is C38H37N7O19S6. The van der Waals surface area contributed by atoms with Crippen LogP contribution in [-0.2, 0) is 58.0 Å². The number of nitrogen functional groups attached to an aromatic ring is 2. The van der Waals surface area contributed by atoms with Gasteiger partial charge in [-0.3, -0.25) is 14.0 Å². The second-order valence-corrected chi connectivity index (χ2v) is 21.2. The summed E-state index contributed by atoms with van der Waals surface area (Å²) in [7, 11) is -13.5. The molecule has 0 saturated carbocycles. The highest BCUT2D eigenvalue weighted by molar-refractivity contribution is 7.95. The summed E-state index contributed by atoms with van der Waals surface area (Å²) in [5.74, 6) is -1.37. The van der Waals surface area contributed by atoms with E-state index in [1.807, 2.05) is 0 Å². The van der Waals surface area contributed by atoms with Gasteiger partial charge in [0.05, 0.1) is 92.5 Å². The molecule has 6 aromatic carbocycles. The number of aliphatic hydroxyl groups is 1. The van der Waals surface area contributed by atoms with Crippen molar-refractivity contribution in [2.75, 3.05) is 50.1 Å². The molecule has 0 aliphatic rings. The Labute approximate surface area is 409 Å². The molecule has 26 nitrogen and oxygen atoms in total. The molecule has 70 heavy (non-hydrogen) atoms. The number of rotatable bonds is 24. The van der Waals surface area contributed by atoms with Gasteiger partial charge < -0.3 is 26.8 Å². The van der Waals surface area contributed by atoms with Crippen molar-refractivity contribution in [2.45, 2.75) is 29.4 Å². The Morgan fingerprint density at radius 1 is 0.586 bits per heavy atom. The van der Waals surface area contributed by atoms with Gasteiger partial charge >= 0.3 is 0 Å². The van der Waals surface area contributed by atoms with Crippen molar-refractivity contribution in [3.63, 3.8) is 0 Å². The van der Waals surface area contributed by atoms with Crippen LogP contribution in [0.15, 0.2) is 135 Å². The van der Waals surface area contributed by atoms with Crippen LogP contribution in [0.5, 0.6) is 11.5 Å². The average Bonchev–Trinajstić information content (AvgIpc) is 3.30. The van der Waals surface area contributed by atoms with Crippen LogP contribution in [0.1, 0.15) is 0 Å². The fourth-order valence-corrected chi connectivity index (χ4v) is 10.2. The van der Waals surface area contributed by atoms with Gasteiger partial charge in [0.25, 0.3) is 20.2 Å². The van der Waals surface area contributed by atoms with Gasteiger partial charge in [-0.1, -0.05) is 10.1 Å². The van der Waals surface area contributed by atoms with E-state index in [2.05, 4.69) is 39.2 Å². The van der Waals surface area contributed by atoms with Crippen molar-refractivity contribution < 1.29 is 88.2 Å². The first kappa shape index (κ1) is 54.0. The molecule has 0 atom stereocenters. The van der Waals surface area contributed by atoms with Crippen LogP contribution in [0.4, 0.5) is 34.1 Å². The maximum Gasteiger partial charge on any atom is 0.296 e. The highest BCUT2D eigenvalue weighted by Gasteiger charge is 2.24. The van der Waals surface area contributed by atoms with Gasteiger partial charge in [0, 0.05) is 46.3 Å². The van der Waals surface area contributed by atoms with Crippen LogP contribution in [-0.4, -0.2) is 104 Å². The van der Waals surface area contributed by atoms with Gasteiger partial charge in [-0.05, 0) is 89.6 Å². The maximum absolute atomic E-state index is 13.3. The minimum Gasteiger partial charge on any atom is -0.507 e. The third-order valence-corrected chi connectivity index (χ3v) is 14.8. The highest BCUT2D eigenvalue weighted by atomic mass is 32.2. The van der Waals surface area contributed by atoms with Gasteiger partial charge in [-0.2, -0.15) is 31.4 Å². The number of aliphatic hydroxyl groups excluding tert-OH is 1. The molecule has 374 valence electrons. The van der Waals surface area contributed by atoms with Crippen molar-refractivity contribution in [1.29, 1.82) is 0 Å². The van der Waals surface area contributed by atoms with Crippen molar-refractivity contribution in [1.82, 2.24) is 4.90 Å². The third kappa shape index (κ3) is 13.7. The number of benzene rings is 6. The molecule has 6 aromatic rings. The predicted octanol–water partition coefficient (Wildman–Crippen LogP) is 7.47. The van der Waals surface area contributed by atoms with Gasteiger partial charge in [-0.25, -0.2) is 23.8 Å². The SMILES string of the molecule is Nc1c(N=Nc2ccc(SOOCCN(CCO)CCS(=O)(=O)c3ccc(N=Nc4c(S(=O)(=O)O)cc5cc(SOOO)cc(O)c5c4N)cc3)cc2)c(SOOO)cc2cc(S(=O)(=O)O)cc(O)c12. The standard InChI is InChI=1S/C38H37N7O19S6/c39-35-34-22(16-28(20-30(34)48)69(53,54)55)17-31(67-64-61-50)37(35)43-41-23-1-5-25(6-2-23)65-62-59-13-10-45(9-12-46)11-14-68(51,52)27-7-3-24(4-8-27)42-44-38-32(70(56,57)58)18-21-15-26(66-63-60-49)19-29(47)33(21)36(38)40/h1-8,15-20,46-50H,9-14,39-40H2,(H,53,54,55)(H,56,57,58). The predicted molar refractivity (Wildman–Crippen MR) is 251 cm³/mol. The maximum atomic E-state index is 13.3. The zero-order valence-electron chi connectivity index (χ0n) is 35.2. The molecule has 0 fully saturated rings. The van der Waals surface area contributed by atoms with Crippen LogP contribution in [0.25, 0.3) is 21.5 Å². The molecule has 0 aliphatic heterocycles. The number of aromatic hydroxyl groups is 2. The zero-order chi connectivity index (χ0) is 50.8. The van der Waals surface area contributed by atoms with E-state index in [4.69, 9.17) is 31.2 Å². The van der Waals surface area contributed by atoms with Crippen molar-refractivity contribution in [2.24, 2.45) is 20.5 Å². The van der Waals surface area contributed by atoms with E-state index in [9.17, 15) is 49.7 Å². The molecule has 0 aliphatic carbocycles. The molecule has 0 aromatic heterocycles. The van der Waals surface area contributed by atoms with Crippen LogP contribution >= 0.6 is 36.1 Å². The van der Waals surface area contributed by atoms with Gasteiger partial charge in [0.15, 0.2) is 9.84 Å². The lowest BCUT2D eigenvalue weighted by Gasteiger charge is -2.20. The van der Waals surface area contributed by atoms with Crippen molar-refractivity contribution >= 4 is 122 Å². The second kappa shape index (κ2) is 23.7. The fraction of sp³-hybridized carbons (Fsp3) is 0.158. The molecule has 0 unspecified atom stereocenters. The van der Waals surface area contributed by atoms with Gasteiger partial charge in [0.2, 0.25) is 0 Å². The zero-order valence-corrected chi connectivity index (χ0v) is 40.1. The lowest BCUT2D eigenvalue weighted by atomic mass is 10.1. The second-order valence-electron chi connectivity index (χ2n) is 14.0. The minimum absolute atomic E-state index is 0.00477. The van der Waals surface area contributed by atoms with E-state index in [1.54, 1.807) is 29.2 Å². The topological polar surface area (TPSA) is 404 Å². The number of nitrogens with two attached hydrogens (primary N) is 2. The Morgan fingerprint density at radius 2 is 1.16 bits per heavy atom. The number of phenols is 2. The molecule has 0 heterocycles. The first-order valence-corrected chi connectivity index (χ1v) is 26.0. The largest absolute Gasteiger partial charge is 0.507 e. The smallest absolute Gasteiger partial charge is 0.296 e. The lowest BCUT2D eigenvalue weighted by Crippen LogP contribution is -2.34. The van der Waals surface area contributed by atoms with E-state index in [-0.39, 0.29) is 97.6 Å². The minimum atomic E-state index is -4.95. The highest BCUT2D eigenvalue weighted by Crippen LogP contribution is 2.46. The van der Waals surface area contributed by atoms with Crippen LogP contribution in [0.2, 0.25) is 0 Å². The Balaban J connectivity index is 1.02. The molecule has 32 heteroatoms. The monoisotopic (exact) mass is 1090 g/mol. The molecule has 0 radical (unpaired) electrons. The summed E-state index contributed by atoms with van der Waals surface area (Å²) in [4.78, 5) is 6.27. The quantitative estimate of drug-likeness (QED) is 0.00539. The molecule has 6 rings (SSSR count). The summed E-state index contributed by atoms with van der Waals surface area (Å²) in [6, 6.07) is 18.1. The Bertz CT molecular complexity index is 3260. The van der Waals surface area contributed by atoms with E-state index in [1.165, 1.54) is 42.5 Å². The van der Waals surface area contributed by atoms with E-state index in [0.29, 0.717) is 34.7 Å². The molecule has 0 bridgehead atoms. The normalized spacial score (nSPS) is 12.7. The molecule has 0 spiro atoms. The summed E-state index contributed by atoms with van der Waals surface area (Å²) in [6.07, 6.45) is 0. The van der Waals surface area contributed by atoms with Crippen LogP contribution in [0.3, 0.4) is 0 Å². The molecule has 0 amide bonds. The Kier molecular flexibility index (Phi) is 18.3. The van der Waals surface area contributed by atoms with Crippen LogP contribution in [0, 0.1) is 0 Å². The number of hydrogen-bond acceptors (Lipinski definition) is 27.